The molecule has 2 rings (SSSR count). The summed E-state index contributed by atoms with van der Waals surface area (Å²) in [6.07, 6.45) is 1.52. The van der Waals surface area contributed by atoms with Gasteiger partial charge in [-0.25, -0.2) is 0 Å². The molecule has 0 unspecified atom stereocenters. The molecule has 86 valence electrons. The predicted molar refractivity (Wildman–Crippen MR) is 64.0 cm³/mol. The standard InChI is InChI=1S/C14H12O3.Na/c1-17-13-5-4-10-8-12(14(16)6-7-15)3-2-11(10)9-13;/h2-9,15H,1H3;/q;+1/p-1. The molecule has 0 amide bonds. The van der Waals surface area contributed by atoms with Gasteiger partial charge in [-0.15, -0.1) is 6.26 Å². The van der Waals surface area contributed by atoms with Crippen molar-refractivity contribution in [3.05, 3.63) is 54.3 Å². The summed E-state index contributed by atoms with van der Waals surface area (Å²) in [6.45, 7) is 0. The summed E-state index contributed by atoms with van der Waals surface area (Å²) >= 11 is 0. The molecule has 0 aromatic heterocycles. The molecule has 2 aromatic rings. The van der Waals surface area contributed by atoms with Gasteiger partial charge < -0.3 is 9.84 Å². The molecule has 0 saturated carbocycles. The van der Waals surface area contributed by atoms with Crippen LogP contribution in [0.3, 0.4) is 0 Å². The fraction of sp³-hybridized carbons (Fsp3) is 0.0714. The number of rotatable bonds is 3. The van der Waals surface area contributed by atoms with Gasteiger partial charge in [-0.2, -0.15) is 0 Å². The zero-order valence-corrected chi connectivity index (χ0v) is 12.3. The Bertz CT molecular complexity index is 591. The number of ketones is 1. The Morgan fingerprint density at radius 1 is 1.17 bits per heavy atom. The minimum absolute atomic E-state index is 0. The van der Waals surface area contributed by atoms with Crippen LogP contribution < -0.4 is 39.4 Å². The number of benzene rings is 2. The number of carbonyl (C=O) groups excluding carboxylic acids is 1. The molecule has 4 heteroatoms. The van der Waals surface area contributed by atoms with Crippen molar-refractivity contribution in [2.75, 3.05) is 7.11 Å². The third-order valence-electron chi connectivity index (χ3n) is 2.55. The van der Waals surface area contributed by atoms with Crippen LogP contribution in [-0.2, 0) is 0 Å². The number of methoxy groups -OCH3 is 1. The Morgan fingerprint density at radius 2 is 1.83 bits per heavy atom. The van der Waals surface area contributed by atoms with Crippen LogP contribution in [0.5, 0.6) is 5.75 Å². The Labute approximate surface area is 127 Å². The fourth-order valence-electron chi connectivity index (χ4n) is 1.66. The van der Waals surface area contributed by atoms with Crippen LogP contribution in [0.1, 0.15) is 10.4 Å². The van der Waals surface area contributed by atoms with E-state index in [0.717, 1.165) is 22.6 Å². The van der Waals surface area contributed by atoms with E-state index in [4.69, 9.17) is 4.74 Å². The minimum atomic E-state index is -0.280. The van der Waals surface area contributed by atoms with E-state index in [9.17, 15) is 9.90 Å². The van der Waals surface area contributed by atoms with Crippen LogP contribution >= 0.6 is 0 Å². The van der Waals surface area contributed by atoms with Crippen molar-refractivity contribution in [2.24, 2.45) is 0 Å². The van der Waals surface area contributed by atoms with Crippen LogP contribution in [0.15, 0.2) is 48.7 Å². The number of hydrogen-bond acceptors (Lipinski definition) is 3. The summed E-state index contributed by atoms with van der Waals surface area (Å²) in [7, 11) is 1.61. The van der Waals surface area contributed by atoms with Crippen molar-refractivity contribution >= 4 is 16.6 Å². The summed E-state index contributed by atoms with van der Waals surface area (Å²) in [5.74, 6) is 0.494. The van der Waals surface area contributed by atoms with Gasteiger partial charge in [-0.1, -0.05) is 18.2 Å². The first-order valence-electron chi connectivity index (χ1n) is 5.15. The topological polar surface area (TPSA) is 49.4 Å². The van der Waals surface area contributed by atoms with E-state index < -0.39 is 0 Å². The first-order chi connectivity index (χ1) is 8.24. The molecule has 0 radical (unpaired) electrons. The summed E-state index contributed by atoms with van der Waals surface area (Å²) < 4.78 is 5.12. The zero-order chi connectivity index (χ0) is 12.3. The molecule has 0 heterocycles. The average molecular weight is 250 g/mol. The first kappa shape index (κ1) is 14.8. The van der Waals surface area contributed by atoms with Crippen molar-refractivity contribution in [3.63, 3.8) is 0 Å². The third-order valence-corrected chi connectivity index (χ3v) is 2.55. The molecular weight excluding hydrogens is 239 g/mol. The SMILES string of the molecule is COc1ccc2cc(C(=O)C=C[O-])ccc2c1.[Na+]. The second-order valence-electron chi connectivity index (χ2n) is 3.59. The first-order valence-corrected chi connectivity index (χ1v) is 5.15. The van der Waals surface area contributed by atoms with Gasteiger partial charge in [0.25, 0.3) is 0 Å². The molecular formula is C14H11NaO3. The minimum Gasteiger partial charge on any atom is -0.878 e. The van der Waals surface area contributed by atoms with E-state index in [1.807, 2.05) is 24.3 Å². The molecule has 2 aromatic carbocycles. The molecule has 3 nitrogen and oxygen atoms in total. The Morgan fingerprint density at radius 3 is 2.50 bits per heavy atom. The maximum Gasteiger partial charge on any atom is 1.00 e. The predicted octanol–water partition coefficient (Wildman–Crippen LogP) is -1.09. The molecule has 0 aliphatic carbocycles. The number of carbonyl (C=O) groups is 1. The molecule has 0 spiro atoms. The van der Waals surface area contributed by atoms with Crippen LogP contribution in [0.4, 0.5) is 0 Å². The van der Waals surface area contributed by atoms with Gasteiger partial charge in [0.2, 0.25) is 0 Å². The van der Waals surface area contributed by atoms with Gasteiger partial charge in [-0.3, -0.25) is 4.79 Å². The van der Waals surface area contributed by atoms with E-state index in [2.05, 4.69) is 0 Å². The van der Waals surface area contributed by atoms with Crippen molar-refractivity contribution in [1.82, 2.24) is 0 Å². The molecule has 0 saturated heterocycles. The van der Waals surface area contributed by atoms with Gasteiger partial charge in [0, 0.05) is 5.56 Å². The summed E-state index contributed by atoms with van der Waals surface area (Å²) in [6, 6.07) is 10.9. The number of fused-ring (bicyclic) bond motifs is 1. The third kappa shape index (κ3) is 3.13. The van der Waals surface area contributed by atoms with Crippen molar-refractivity contribution in [3.8, 4) is 5.75 Å². The summed E-state index contributed by atoms with van der Waals surface area (Å²) in [4.78, 5) is 11.5. The van der Waals surface area contributed by atoms with Crippen molar-refractivity contribution in [2.45, 2.75) is 0 Å². The molecule has 0 aliphatic heterocycles. The quantitative estimate of drug-likeness (QED) is 0.301. The summed E-state index contributed by atoms with van der Waals surface area (Å²) in [5, 5.41) is 12.2. The van der Waals surface area contributed by atoms with Crippen LogP contribution in [-0.4, -0.2) is 12.9 Å². The molecule has 0 atom stereocenters. The normalized spacial score (nSPS) is 10.3. The fourth-order valence-corrected chi connectivity index (χ4v) is 1.66. The van der Waals surface area contributed by atoms with E-state index in [-0.39, 0.29) is 35.3 Å². The second-order valence-corrected chi connectivity index (χ2v) is 3.59. The van der Waals surface area contributed by atoms with Crippen LogP contribution in [0.2, 0.25) is 0 Å². The largest absolute Gasteiger partial charge is 1.00 e. The molecule has 0 aliphatic rings. The van der Waals surface area contributed by atoms with Gasteiger partial charge in [0.15, 0.2) is 5.78 Å². The number of ether oxygens (including phenoxy) is 1. The Balaban J connectivity index is 0.00000162. The molecule has 0 N–H and O–H groups in total. The van der Waals surface area contributed by atoms with E-state index >= 15 is 0 Å². The van der Waals surface area contributed by atoms with Gasteiger partial charge in [-0.05, 0) is 35.0 Å². The maximum absolute atomic E-state index is 11.5. The molecule has 0 fully saturated rings. The zero-order valence-electron chi connectivity index (χ0n) is 10.3. The van der Waals surface area contributed by atoms with Crippen molar-refractivity contribution in [1.29, 1.82) is 0 Å². The second kappa shape index (κ2) is 6.59. The summed E-state index contributed by atoms with van der Waals surface area (Å²) in [5.41, 5.74) is 0.509. The average Bonchev–Trinajstić information content (AvgIpc) is 2.37. The monoisotopic (exact) mass is 250 g/mol. The van der Waals surface area contributed by atoms with Crippen LogP contribution in [0, 0.1) is 0 Å². The number of allylic oxidation sites excluding steroid dienone is 1. The maximum atomic E-state index is 11.5. The van der Waals surface area contributed by atoms with Crippen molar-refractivity contribution < 1.29 is 44.2 Å². The Hall–Kier alpha value is -1.29. The van der Waals surface area contributed by atoms with Gasteiger partial charge in [0.1, 0.15) is 5.75 Å². The van der Waals surface area contributed by atoms with E-state index in [1.54, 1.807) is 19.2 Å². The molecule has 18 heavy (non-hydrogen) atoms. The van der Waals surface area contributed by atoms with Gasteiger partial charge >= 0.3 is 29.6 Å². The van der Waals surface area contributed by atoms with Gasteiger partial charge in [0.05, 0.1) is 7.11 Å². The van der Waals surface area contributed by atoms with E-state index in [0.29, 0.717) is 11.8 Å². The van der Waals surface area contributed by atoms with E-state index in [1.165, 1.54) is 0 Å². The van der Waals surface area contributed by atoms with Crippen LogP contribution in [0.25, 0.3) is 10.8 Å². The smallest absolute Gasteiger partial charge is 0.878 e. The molecule has 0 bridgehead atoms. The number of hydrogen-bond donors (Lipinski definition) is 0. The Kier molecular flexibility index (Phi) is 5.41.